The average molecular weight is 827 g/mol. The summed E-state index contributed by atoms with van der Waals surface area (Å²) in [5, 5.41) is 0. The number of nitrogens with zero attached hydrogens (tertiary/aromatic N) is 4. The lowest BCUT2D eigenvalue weighted by Crippen LogP contribution is -2.14. The van der Waals surface area contributed by atoms with Gasteiger partial charge in [-0.1, -0.05) is 0 Å². The molecule has 0 N–H and O–H groups in total. The summed E-state index contributed by atoms with van der Waals surface area (Å²) in [6.07, 6.45) is 7.15. The van der Waals surface area contributed by atoms with Crippen LogP contribution in [0, 0.1) is 13.8 Å². The highest BCUT2D eigenvalue weighted by Gasteiger charge is 2.05. The van der Waals surface area contributed by atoms with Crippen LogP contribution in [0.4, 0.5) is 0 Å². The third kappa shape index (κ3) is 19.0. The molecule has 0 aliphatic carbocycles. The van der Waals surface area contributed by atoms with Gasteiger partial charge >= 0.3 is 0 Å². The Hall–Kier alpha value is -4.90. The summed E-state index contributed by atoms with van der Waals surface area (Å²) in [6, 6.07) is 23.3. The number of benzene rings is 1. The Balaban J connectivity index is 0.743. The van der Waals surface area contributed by atoms with Crippen LogP contribution >= 0.6 is 0 Å². The Kier molecular flexibility index (Phi) is 22.0. The SMILES string of the molecule is Cc1ccnc(-c2cc(COCCOCCOCCOCCOc3ccc(OCCOCCOCCOCCOCc4ccnc(-c5cc(C)ccn5)c4)cc3)ccn2)c1. The van der Waals surface area contributed by atoms with Gasteiger partial charge in [0.25, 0.3) is 0 Å². The second-order valence-corrected chi connectivity index (χ2v) is 13.5. The molecule has 0 bridgehead atoms. The Labute approximate surface area is 353 Å². The van der Waals surface area contributed by atoms with Crippen LogP contribution in [-0.2, 0) is 51.1 Å². The van der Waals surface area contributed by atoms with Crippen molar-refractivity contribution in [2.24, 2.45) is 0 Å². The summed E-state index contributed by atoms with van der Waals surface area (Å²) in [6.45, 7) is 12.7. The third-order valence-electron chi connectivity index (χ3n) is 8.59. The van der Waals surface area contributed by atoms with Gasteiger partial charge in [-0.2, -0.15) is 0 Å². The molecule has 5 rings (SSSR count). The average Bonchev–Trinajstić information content (AvgIpc) is 3.27. The normalized spacial score (nSPS) is 11.2. The van der Waals surface area contributed by atoms with Crippen molar-refractivity contribution in [3.05, 3.63) is 120 Å². The van der Waals surface area contributed by atoms with Crippen molar-refractivity contribution in [2.75, 3.05) is 106 Å². The van der Waals surface area contributed by atoms with Crippen LogP contribution in [0.2, 0.25) is 0 Å². The lowest BCUT2D eigenvalue weighted by molar-refractivity contribution is -0.00669. The van der Waals surface area contributed by atoms with E-state index in [0.717, 1.165) is 56.5 Å². The lowest BCUT2D eigenvalue weighted by atomic mass is 10.1. The highest BCUT2D eigenvalue weighted by molar-refractivity contribution is 5.56. The van der Waals surface area contributed by atoms with Crippen LogP contribution in [-0.4, -0.2) is 126 Å². The molecule has 0 amide bonds. The van der Waals surface area contributed by atoms with E-state index in [1.54, 1.807) is 24.8 Å². The summed E-state index contributed by atoms with van der Waals surface area (Å²) in [5.74, 6) is 1.49. The van der Waals surface area contributed by atoms with Crippen molar-refractivity contribution < 1.29 is 47.4 Å². The summed E-state index contributed by atoms with van der Waals surface area (Å²) >= 11 is 0. The van der Waals surface area contributed by atoms with Gasteiger partial charge in [-0.25, -0.2) is 0 Å². The van der Waals surface area contributed by atoms with Gasteiger partial charge in [0.05, 0.1) is 128 Å². The largest absolute Gasteiger partial charge is 0.491 e. The van der Waals surface area contributed by atoms with Crippen molar-refractivity contribution in [1.29, 1.82) is 0 Å². The van der Waals surface area contributed by atoms with E-state index in [1.807, 2.05) is 86.6 Å². The molecule has 1 aromatic carbocycles. The molecule has 0 aliphatic heterocycles. The molecule has 0 fully saturated rings. The summed E-state index contributed by atoms with van der Waals surface area (Å²) in [4.78, 5) is 17.7. The minimum absolute atomic E-state index is 0.436. The first-order valence-corrected chi connectivity index (χ1v) is 20.4. The molecule has 14 nitrogen and oxygen atoms in total. The van der Waals surface area contributed by atoms with Gasteiger partial charge in [0.2, 0.25) is 0 Å². The topological polar surface area (TPSA) is 144 Å². The molecule has 60 heavy (non-hydrogen) atoms. The van der Waals surface area contributed by atoms with E-state index in [-0.39, 0.29) is 0 Å². The fourth-order valence-electron chi connectivity index (χ4n) is 5.53. The van der Waals surface area contributed by atoms with Gasteiger partial charge in [-0.3, -0.25) is 19.9 Å². The minimum atomic E-state index is 0.436. The Morgan fingerprint density at radius 1 is 0.317 bits per heavy atom. The zero-order valence-electron chi connectivity index (χ0n) is 34.8. The van der Waals surface area contributed by atoms with Crippen LogP contribution in [0.5, 0.6) is 11.5 Å². The first-order chi connectivity index (χ1) is 29.6. The molecule has 5 aromatic rings. The molecule has 0 atom stereocenters. The molecule has 322 valence electrons. The quantitative estimate of drug-likeness (QED) is 0.0435. The maximum atomic E-state index is 5.75. The van der Waals surface area contributed by atoms with Gasteiger partial charge in [0.1, 0.15) is 24.7 Å². The van der Waals surface area contributed by atoms with Crippen LogP contribution < -0.4 is 9.47 Å². The molecule has 0 spiro atoms. The van der Waals surface area contributed by atoms with Crippen LogP contribution in [0.25, 0.3) is 22.8 Å². The molecule has 14 heteroatoms. The Bertz CT molecular complexity index is 1770. The number of ether oxygens (including phenoxy) is 10. The van der Waals surface area contributed by atoms with Crippen LogP contribution in [0.3, 0.4) is 0 Å². The lowest BCUT2D eigenvalue weighted by Gasteiger charge is -2.10. The molecule has 4 aromatic heterocycles. The molecule has 4 heterocycles. The number of rotatable bonds is 32. The fourth-order valence-corrected chi connectivity index (χ4v) is 5.53. The van der Waals surface area contributed by atoms with Crippen molar-refractivity contribution >= 4 is 0 Å². The smallest absolute Gasteiger partial charge is 0.119 e. The molecule has 0 unspecified atom stereocenters. The predicted octanol–water partition coefficient (Wildman–Crippen LogP) is 6.51. The summed E-state index contributed by atoms with van der Waals surface area (Å²) < 4.78 is 56.6. The Morgan fingerprint density at radius 2 is 0.600 bits per heavy atom. The number of aryl methyl sites for hydroxylation is 2. The second kappa shape index (κ2) is 28.5. The number of aromatic nitrogens is 4. The van der Waals surface area contributed by atoms with Gasteiger partial charge in [0.15, 0.2) is 0 Å². The van der Waals surface area contributed by atoms with E-state index in [4.69, 9.17) is 47.4 Å². The molecule has 0 aliphatic rings. The van der Waals surface area contributed by atoms with Crippen molar-refractivity contribution in [3.8, 4) is 34.3 Å². The maximum Gasteiger partial charge on any atom is 0.119 e. The van der Waals surface area contributed by atoms with E-state index in [1.165, 1.54) is 0 Å². The Morgan fingerprint density at radius 3 is 0.933 bits per heavy atom. The predicted molar refractivity (Wildman–Crippen MR) is 226 cm³/mol. The molecule has 0 radical (unpaired) electrons. The van der Waals surface area contributed by atoms with E-state index in [2.05, 4.69) is 19.9 Å². The summed E-state index contributed by atoms with van der Waals surface area (Å²) in [7, 11) is 0. The van der Waals surface area contributed by atoms with Crippen molar-refractivity contribution in [1.82, 2.24) is 19.9 Å². The number of pyridine rings is 4. The minimum Gasteiger partial charge on any atom is -0.491 e. The summed E-state index contributed by atoms with van der Waals surface area (Å²) in [5.41, 5.74) is 7.76. The van der Waals surface area contributed by atoms with Gasteiger partial charge in [-0.05, 0) is 109 Å². The maximum absolute atomic E-state index is 5.75. The molecule has 0 saturated carbocycles. The van der Waals surface area contributed by atoms with Crippen molar-refractivity contribution in [3.63, 3.8) is 0 Å². The third-order valence-corrected chi connectivity index (χ3v) is 8.59. The number of hydrogen-bond acceptors (Lipinski definition) is 14. The standard InChI is InChI=1S/C46H58N4O10/c1-37-7-11-47-43(31-37)45-33-39(9-13-49-45)35-57-25-23-53-17-15-51-19-21-55-27-29-59-41-3-5-42(6-4-41)60-30-28-56-22-20-52-16-18-54-24-26-58-36-40-10-14-50-46(34-40)44-32-38(2)8-12-48-44/h3-14,31-34H,15-30,35-36H2,1-2H3. The first kappa shape index (κ1) is 46.2. The van der Waals surface area contributed by atoms with Gasteiger partial charge in [-0.15, -0.1) is 0 Å². The zero-order chi connectivity index (χ0) is 41.7. The molecular formula is C46H58N4O10. The highest BCUT2D eigenvalue weighted by atomic mass is 16.6. The molecular weight excluding hydrogens is 769 g/mol. The van der Waals surface area contributed by atoms with Crippen molar-refractivity contribution in [2.45, 2.75) is 27.1 Å². The fraction of sp³-hybridized carbons (Fsp3) is 0.435. The van der Waals surface area contributed by atoms with Crippen LogP contribution in [0.1, 0.15) is 22.3 Å². The zero-order valence-corrected chi connectivity index (χ0v) is 34.8. The van der Waals surface area contributed by atoms with Gasteiger partial charge < -0.3 is 47.4 Å². The second-order valence-electron chi connectivity index (χ2n) is 13.5. The van der Waals surface area contributed by atoms with Gasteiger partial charge in [0, 0.05) is 24.8 Å². The van der Waals surface area contributed by atoms with E-state index in [9.17, 15) is 0 Å². The van der Waals surface area contributed by atoms with E-state index in [0.29, 0.717) is 119 Å². The van der Waals surface area contributed by atoms with E-state index < -0.39 is 0 Å². The highest BCUT2D eigenvalue weighted by Crippen LogP contribution is 2.19. The van der Waals surface area contributed by atoms with Crippen LogP contribution in [0.15, 0.2) is 97.6 Å². The number of hydrogen-bond donors (Lipinski definition) is 0. The monoisotopic (exact) mass is 826 g/mol. The van der Waals surface area contributed by atoms with E-state index >= 15 is 0 Å². The molecule has 0 saturated heterocycles. The first-order valence-electron chi connectivity index (χ1n) is 20.4.